The van der Waals surface area contributed by atoms with E-state index in [9.17, 15) is 14.9 Å². The highest BCUT2D eigenvalue weighted by Gasteiger charge is 2.22. The second kappa shape index (κ2) is 8.70. The first kappa shape index (κ1) is 20.0. The zero-order valence-corrected chi connectivity index (χ0v) is 14.6. The monoisotopic (exact) mass is 345 g/mol. The van der Waals surface area contributed by atoms with E-state index in [0.717, 1.165) is 11.1 Å². The maximum absolute atomic E-state index is 12.2. The predicted molar refractivity (Wildman–Crippen MR) is 95.2 cm³/mol. The highest BCUT2D eigenvalue weighted by molar-refractivity contribution is 6.06. The summed E-state index contributed by atoms with van der Waals surface area (Å²) in [5, 5.41) is 11.8. The van der Waals surface area contributed by atoms with Crippen LogP contribution in [0.2, 0.25) is 0 Å². The van der Waals surface area contributed by atoms with Gasteiger partial charge in [-0.1, -0.05) is 0 Å². The molecule has 0 aliphatic rings. The third-order valence-corrected chi connectivity index (χ3v) is 2.82. The van der Waals surface area contributed by atoms with Gasteiger partial charge in [-0.2, -0.15) is 5.26 Å². The van der Waals surface area contributed by atoms with Crippen molar-refractivity contribution in [2.75, 3.05) is 24.1 Å². The molecule has 134 valence electrons. The van der Waals surface area contributed by atoms with Gasteiger partial charge in [-0.3, -0.25) is 9.69 Å². The summed E-state index contributed by atoms with van der Waals surface area (Å²) in [5.74, 6) is -0.655. The normalized spacial score (nSPS) is 11.4. The Balaban J connectivity index is 2.95. The van der Waals surface area contributed by atoms with Crippen molar-refractivity contribution in [2.24, 2.45) is 5.73 Å². The number of hydrogen-bond acceptors (Lipinski definition) is 6. The summed E-state index contributed by atoms with van der Waals surface area (Å²) in [6.07, 6.45) is 0.444. The number of nitrogen functional groups attached to an aromatic ring is 1. The van der Waals surface area contributed by atoms with E-state index in [0.29, 0.717) is 11.4 Å². The molecule has 8 heteroatoms. The highest BCUT2D eigenvalue weighted by Crippen LogP contribution is 2.13. The van der Waals surface area contributed by atoms with Crippen LogP contribution >= 0.6 is 0 Å². The van der Waals surface area contributed by atoms with Crippen molar-refractivity contribution in [1.82, 2.24) is 4.90 Å². The zero-order valence-electron chi connectivity index (χ0n) is 14.6. The summed E-state index contributed by atoms with van der Waals surface area (Å²) in [6, 6.07) is 8.22. The molecular formula is C17H23N5O3. The molecule has 0 atom stereocenters. The van der Waals surface area contributed by atoms with Gasteiger partial charge in [0.2, 0.25) is 0 Å². The average molecular weight is 345 g/mol. The minimum atomic E-state index is -0.712. The molecule has 0 aliphatic heterocycles. The Bertz CT molecular complexity index is 684. The van der Waals surface area contributed by atoms with E-state index >= 15 is 0 Å². The van der Waals surface area contributed by atoms with Crippen molar-refractivity contribution in [3.8, 4) is 6.07 Å². The Hall–Kier alpha value is -3.05. The lowest BCUT2D eigenvalue weighted by Crippen LogP contribution is -2.37. The van der Waals surface area contributed by atoms with Gasteiger partial charge in [0, 0.05) is 30.7 Å². The van der Waals surface area contributed by atoms with Crippen LogP contribution in [0.4, 0.5) is 16.2 Å². The minimum absolute atomic E-state index is 0.106. The number of amides is 2. The number of anilines is 2. The van der Waals surface area contributed by atoms with Crippen LogP contribution in [0.1, 0.15) is 20.8 Å². The average Bonchev–Trinajstić information content (AvgIpc) is 2.51. The molecule has 0 aliphatic carbocycles. The first-order chi connectivity index (χ1) is 11.7. The molecule has 1 rings (SSSR count). The molecule has 25 heavy (non-hydrogen) atoms. The van der Waals surface area contributed by atoms with Crippen LogP contribution in [0.25, 0.3) is 0 Å². The Morgan fingerprint density at radius 2 is 1.92 bits per heavy atom. The maximum Gasteiger partial charge on any atom is 0.414 e. The van der Waals surface area contributed by atoms with Gasteiger partial charge < -0.3 is 21.5 Å². The lowest BCUT2D eigenvalue weighted by molar-refractivity contribution is -0.112. The zero-order chi connectivity index (χ0) is 19.0. The van der Waals surface area contributed by atoms with Crippen LogP contribution in [0.3, 0.4) is 0 Å². The van der Waals surface area contributed by atoms with E-state index < -0.39 is 17.6 Å². The molecule has 0 fully saturated rings. The molecule has 0 radical (unpaired) electrons. The van der Waals surface area contributed by atoms with E-state index in [1.807, 2.05) is 0 Å². The van der Waals surface area contributed by atoms with Crippen LogP contribution in [0, 0.1) is 11.3 Å². The van der Waals surface area contributed by atoms with E-state index in [2.05, 4.69) is 5.32 Å². The summed E-state index contributed by atoms with van der Waals surface area (Å²) in [5.41, 5.74) is 11.1. The fourth-order valence-corrected chi connectivity index (χ4v) is 1.73. The number of nitrogens with zero attached hydrogens (tertiary/aromatic N) is 2. The topological polar surface area (TPSA) is 134 Å². The maximum atomic E-state index is 12.2. The second-order valence-corrected chi connectivity index (χ2v) is 6.19. The molecule has 0 bridgehead atoms. The van der Waals surface area contributed by atoms with E-state index in [1.54, 1.807) is 51.1 Å². The van der Waals surface area contributed by atoms with Gasteiger partial charge in [-0.05, 0) is 45.0 Å². The van der Waals surface area contributed by atoms with Crippen molar-refractivity contribution in [1.29, 1.82) is 5.26 Å². The first-order valence-electron chi connectivity index (χ1n) is 7.65. The van der Waals surface area contributed by atoms with Crippen LogP contribution < -0.4 is 16.8 Å². The van der Waals surface area contributed by atoms with Crippen molar-refractivity contribution < 1.29 is 14.3 Å². The smallest absolute Gasteiger partial charge is 0.414 e. The summed E-state index contributed by atoms with van der Waals surface area (Å²) >= 11 is 0. The standard InChI is InChI=1S/C17H23N5O3/c1-17(2,3)25-16(24)22(9-8-18)11-12(10-19)15(23)21-14-6-4-13(20)5-7-14/h4-7,11H,8-9,18,20H2,1-3H3,(H,21,23)/b12-11-. The van der Waals surface area contributed by atoms with Gasteiger partial charge in [-0.25, -0.2) is 4.79 Å². The van der Waals surface area contributed by atoms with Crippen LogP contribution in [-0.2, 0) is 9.53 Å². The van der Waals surface area contributed by atoms with Crippen molar-refractivity contribution in [3.63, 3.8) is 0 Å². The van der Waals surface area contributed by atoms with Crippen molar-refractivity contribution >= 4 is 23.4 Å². The molecule has 0 saturated carbocycles. The molecular weight excluding hydrogens is 322 g/mol. The Kier molecular flexibility index (Phi) is 6.96. The van der Waals surface area contributed by atoms with Gasteiger partial charge in [0.25, 0.3) is 5.91 Å². The number of ether oxygens (including phenoxy) is 1. The molecule has 2 amide bonds. The van der Waals surface area contributed by atoms with E-state index in [4.69, 9.17) is 16.2 Å². The lowest BCUT2D eigenvalue weighted by Gasteiger charge is -2.25. The third-order valence-electron chi connectivity index (χ3n) is 2.82. The largest absolute Gasteiger partial charge is 0.443 e. The molecule has 1 aromatic rings. The van der Waals surface area contributed by atoms with Crippen LogP contribution in [0.15, 0.2) is 36.0 Å². The van der Waals surface area contributed by atoms with E-state index in [-0.39, 0.29) is 18.7 Å². The minimum Gasteiger partial charge on any atom is -0.443 e. The number of benzene rings is 1. The van der Waals surface area contributed by atoms with Gasteiger partial charge in [0.15, 0.2) is 0 Å². The fraction of sp³-hybridized carbons (Fsp3) is 0.353. The van der Waals surface area contributed by atoms with Crippen molar-refractivity contribution in [2.45, 2.75) is 26.4 Å². The lowest BCUT2D eigenvalue weighted by atomic mass is 10.2. The summed E-state index contributed by atoms with van der Waals surface area (Å²) in [4.78, 5) is 25.5. The van der Waals surface area contributed by atoms with Gasteiger partial charge in [0.05, 0.1) is 0 Å². The number of nitrogens with one attached hydrogen (secondary N) is 1. The Morgan fingerprint density at radius 1 is 1.32 bits per heavy atom. The number of carbonyl (C=O) groups is 2. The molecule has 1 aromatic carbocycles. The number of hydrogen-bond donors (Lipinski definition) is 3. The third kappa shape index (κ3) is 6.93. The highest BCUT2D eigenvalue weighted by atomic mass is 16.6. The first-order valence-corrected chi connectivity index (χ1v) is 7.65. The van der Waals surface area contributed by atoms with Gasteiger partial charge in [0.1, 0.15) is 17.2 Å². The molecule has 0 aromatic heterocycles. The van der Waals surface area contributed by atoms with Crippen LogP contribution in [0.5, 0.6) is 0 Å². The van der Waals surface area contributed by atoms with Gasteiger partial charge >= 0.3 is 6.09 Å². The van der Waals surface area contributed by atoms with Gasteiger partial charge in [-0.15, -0.1) is 0 Å². The van der Waals surface area contributed by atoms with Crippen LogP contribution in [-0.4, -0.2) is 35.6 Å². The quantitative estimate of drug-likeness (QED) is 0.423. The second-order valence-electron chi connectivity index (χ2n) is 6.19. The molecule has 8 nitrogen and oxygen atoms in total. The van der Waals surface area contributed by atoms with E-state index in [1.165, 1.54) is 0 Å². The summed E-state index contributed by atoms with van der Waals surface area (Å²) in [6.45, 7) is 5.40. The predicted octanol–water partition coefficient (Wildman–Crippen LogP) is 1.81. The number of nitriles is 1. The fourth-order valence-electron chi connectivity index (χ4n) is 1.73. The molecule has 0 spiro atoms. The van der Waals surface area contributed by atoms with Crippen molar-refractivity contribution in [3.05, 3.63) is 36.0 Å². The number of nitrogens with two attached hydrogens (primary N) is 2. The number of carbonyl (C=O) groups excluding carboxylic acids is 2. The Morgan fingerprint density at radius 3 is 2.40 bits per heavy atom. The SMILES string of the molecule is CC(C)(C)OC(=O)N(/C=C(/C#N)C(=O)Nc1ccc(N)cc1)CCN. The summed E-state index contributed by atoms with van der Waals surface area (Å²) in [7, 11) is 0. The molecule has 0 heterocycles. The molecule has 0 unspecified atom stereocenters. The molecule has 5 N–H and O–H groups in total. The number of rotatable bonds is 5. The summed E-state index contributed by atoms with van der Waals surface area (Å²) < 4.78 is 5.24. The molecule has 0 saturated heterocycles. The Labute approximate surface area is 147 Å².